The Kier molecular flexibility index (Phi) is 6.00. The lowest BCUT2D eigenvalue weighted by atomic mass is 10.2. The Labute approximate surface area is 131 Å². The molecule has 1 atom stereocenters. The summed E-state index contributed by atoms with van der Waals surface area (Å²) in [6.07, 6.45) is 2.58. The highest BCUT2D eigenvalue weighted by Crippen LogP contribution is 2.21. The van der Waals surface area contributed by atoms with E-state index in [0.29, 0.717) is 31.7 Å². The molecule has 6 nitrogen and oxygen atoms in total. The van der Waals surface area contributed by atoms with E-state index in [4.69, 9.17) is 4.42 Å². The Morgan fingerprint density at radius 1 is 1.45 bits per heavy atom. The van der Waals surface area contributed by atoms with E-state index >= 15 is 0 Å². The van der Waals surface area contributed by atoms with E-state index in [9.17, 15) is 9.59 Å². The molecule has 0 aromatic carbocycles. The molecule has 1 aromatic heterocycles. The SMILES string of the molecule is CCN(CC)CCNC(=O)[C@H]1CCC(=O)N1Cc1ccco1. The molecule has 2 amide bonds. The van der Waals surface area contributed by atoms with Gasteiger partial charge >= 0.3 is 0 Å². The number of rotatable bonds is 8. The molecule has 1 aliphatic heterocycles. The molecule has 0 saturated carbocycles. The first-order chi connectivity index (χ1) is 10.7. The van der Waals surface area contributed by atoms with E-state index in [2.05, 4.69) is 24.1 Å². The van der Waals surface area contributed by atoms with Crippen LogP contribution < -0.4 is 5.32 Å². The van der Waals surface area contributed by atoms with Gasteiger partial charge < -0.3 is 19.5 Å². The van der Waals surface area contributed by atoms with Gasteiger partial charge in [-0.25, -0.2) is 0 Å². The monoisotopic (exact) mass is 307 g/mol. The van der Waals surface area contributed by atoms with Gasteiger partial charge in [-0.3, -0.25) is 9.59 Å². The maximum absolute atomic E-state index is 12.3. The van der Waals surface area contributed by atoms with Crippen molar-refractivity contribution in [3.05, 3.63) is 24.2 Å². The standard InChI is InChI=1S/C16H25N3O3/c1-3-18(4-2)10-9-17-16(21)14-7-8-15(20)19(14)12-13-6-5-11-22-13/h5-6,11,14H,3-4,7-10,12H2,1-2H3,(H,17,21)/t14-/m1/s1. The molecule has 0 radical (unpaired) electrons. The van der Waals surface area contributed by atoms with Crippen molar-refractivity contribution in [2.45, 2.75) is 39.3 Å². The number of furan rings is 1. The Hall–Kier alpha value is -1.82. The topological polar surface area (TPSA) is 65.8 Å². The predicted molar refractivity (Wildman–Crippen MR) is 83.1 cm³/mol. The second-order valence-electron chi connectivity index (χ2n) is 5.47. The third kappa shape index (κ3) is 4.10. The second kappa shape index (κ2) is 7.98. The third-order valence-corrected chi connectivity index (χ3v) is 4.16. The predicted octanol–water partition coefficient (Wildman–Crippen LogP) is 1.23. The van der Waals surface area contributed by atoms with Crippen LogP contribution in [0.2, 0.25) is 0 Å². The summed E-state index contributed by atoms with van der Waals surface area (Å²) in [6.45, 7) is 7.95. The van der Waals surface area contributed by atoms with Crippen LogP contribution in [0.4, 0.5) is 0 Å². The first kappa shape index (κ1) is 16.5. The highest BCUT2D eigenvalue weighted by atomic mass is 16.3. The van der Waals surface area contributed by atoms with E-state index in [-0.39, 0.29) is 17.9 Å². The molecule has 1 aliphatic rings. The second-order valence-corrected chi connectivity index (χ2v) is 5.47. The molecule has 0 bridgehead atoms. The lowest BCUT2D eigenvalue weighted by Crippen LogP contribution is -2.46. The zero-order valence-corrected chi connectivity index (χ0v) is 13.4. The van der Waals surface area contributed by atoms with Crippen molar-refractivity contribution in [2.24, 2.45) is 0 Å². The van der Waals surface area contributed by atoms with Gasteiger partial charge in [0.05, 0.1) is 12.8 Å². The number of amides is 2. The van der Waals surface area contributed by atoms with Gasteiger partial charge in [0.2, 0.25) is 11.8 Å². The number of likely N-dealkylation sites (N-methyl/N-ethyl adjacent to an activating group) is 1. The van der Waals surface area contributed by atoms with E-state index < -0.39 is 0 Å². The summed E-state index contributed by atoms with van der Waals surface area (Å²) in [6, 6.07) is 3.23. The zero-order valence-electron chi connectivity index (χ0n) is 13.4. The van der Waals surface area contributed by atoms with Gasteiger partial charge in [-0.1, -0.05) is 13.8 Å². The molecule has 1 N–H and O–H groups in total. The van der Waals surface area contributed by atoms with Gasteiger partial charge in [0.1, 0.15) is 11.8 Å². The van der Waals surface area contributed by atoms with Crippen LogP contribution >= 0.6 is 0 Å². The summed E-state index contributed by atoms with van der Waals surface area (Å²) < 4.78 is 5.28. The maximum Gasteiger partial charge on any atom is 0.242 e. The Morgan fingerprint density at radius 2 is 2.23 bits per heavy atom. The molecule has 122 valence electrons. The summed E-state index contributed by atoms with van der Waals surface area (Å²) >= 11 is 0. The number of likely N-dealkylation sites (tertiary alicyclic amines) is 1. The number of nitrogens with one attached hydrogen (secondary N) is 1. The van der Waals surface area contributed by atoms with E-state index in [0.717, 1.165) is 19.6 Å². The highest BCUT2D eigenvalue weighted by molar-refractivity contribution is 5.90. The van der Waals surface area contributed by atoms with Crippen LogP contribution in [0, 0.1) is 0 Å². The Morgan fingerprint density at radius 3 is 2.86 bits per heavy atom. The lowest BCUT2D eigenvalue weighted by molar-refractivity contribution is -0.136. The fraction of sp³-hybridized carbons (Fsp3) is 0.625. The molecule has 0 unspecified atom stereocenters. The van der Waals surface area contributed by atoms with Gasteiger partial charge in [0, 0.05) is 19.5 Å². The minimum Gasteiger partial charge on any atom is -0.467 e. The van der Waals surface area contributed by atoms with Crippen molar-refractivity contribution in [1.29, 1.82) is 0 Å². The number of hydrogen-bond donors (Lipinski definition) is 1. The molecular weight excluding hydrogens is 282 g/mol. The number of carbonyl (C=O) groups excluding carboxylic acids is 2. The number of nitrogens with zero attached hydrogens (tertiary/aromatic N) is 2. The fourth-order valence-corrected chi connectivity index (χ4v) is 2.77. The van der Waals surface area contributed by atoms with Crippen LogP contribution in [-0.2, 0) is 16.1 Å². The number of hydrogen-bond acceptors (Lipinski definition) is 4. The minimum atomic E-state index is -0.380. The van der Waals surface area contributed by atoms with Crippen LogP contribution in [0.3, 0.4) is 0 Å². The molecule has 0 aliphatic carbocycles. The smallest absolute Gasteiger partial charge is 0.242 e. The summed E-state index contributed by atoms with van der Waals surface area (Å²) in [5.74, 6) is 0.654. The average molecular weight is 307 g/mol. The largest absolute Gasteiger partial charge is 0.467 e. The van der Waals surface area contributed by atoms with Crippen LogP contribution in [-0.4, -0.2) is 53.8 Å². The van der Waals surface area contributed by atoms with E-state index in [1.807, 2.05) is 6.07 Å². The molecule has 6 heteroatoms. The molecule has 2 heterocycles. The van der Waals surface area contributed by atoms with Crippen molar-refractivity contribution < 1.29 is 14.0 Å². The Balaban J connectivity index is 1.86. The van der Waals surface area contributed by atoms with Crippen molar-refractivity contribution in [1.82, 2.24) is 15.1 Å². The minimum absolute atomic E-state index is 0.0142. The van der Waals surface area contributed by atoms with Crippen LogP contribution in [0.5, 0.6) is 0 Å². The molecule has 22 heavy (non-hydrogen) atoms. The number of carbonyl (C=O) groups is 2. The molecule has 1 saturated heterocycles. The normalized spacial score (nSPS) is 18.2. The first-order valence-electron chi connectivity index (χ1n) is 7.97. The van der Waals surface area contributed by atoms with Crippen molar-refractivity contribution in [3.63, 3.8) is 0 Å². The van der Waals surface area contributed by atoms with Crippen molar-refractivity contribution in [3.8, 4) is 0 Å². The molecule has 1 fully saturated rings. The first-order valence-corrected chi connectivity index (χ1v) is 7.97. The maximum atomic E-state index is 12.3. The van der Waals surface area contributed by atoms with Gasteiger partial charge in [0.15, 0.2) is 0 Å². The molecule has 0 spiro atoms. The van der Waals surface area contributed by atoms with Crippen molar-refractivity contribution in [2.75, 3.05) is 26.2 Å². The summed E-state index contributed by atoms with van der Waals surface area (Å²) in [4.78, 5) is 28.2. The average Bonchev–Trinajstić information content (AvgIpc) is 3.15. The van der Waals surface area contributed by atoms with Gasteiger partial charge in [-0.05, 0) is 31.6 Å². The quantitative estimate of drug-likeness (QED) is 0.784. The van der Waals surface area contributed by atoms with Gasteiger partial charge in [0.25, 0.3) is 0 Å². The lowest BCUT2D eigenvalue weighted by Gasteiger charge is -2.24. The summed E-state index contributed by atoms with van der Waals surface area (Å²) in [5, 5.41) is 2.95. The van der Waals surface area contributed by atoms with Crippen LogP contribution in [0.1, 0.15) is 32.4 Å². The summed E-state index contributed by atoms with van der Waals surface area (Å²) in [7, 11) is 0. The summed E-state index contributed by atoms with van der Waals surface area (Å²) in [5.41, 5.74) is 0. The fourth-order valence-electron chi connectivity index (χ4n) is 2.77. The van der Waals surface area contributed by atoms with Crippen molar-refractivity contribution >= 4 is 11.8 Å². The van der Waals surface area contributed by atoms with E-state index in [1.165, 1.54) is 0 Å². The molecule has 2 rings (SSSR count). The van der Waals surface area contributed by atoms with E-state index in [1.54, 1.807) is 17.2 Å². The van der Waals surface area contributed by atoms with Crippen LogP contribution in [0.25, 0.3) is 0 Å². The third-order valence-electron chi connectivity index (χ3n) is 4.16. The highest BCUT2D eigenvalue weighted by Gasteiger charge is 2.36. The van der Waals surface area contributed by atoms with Gasteiger partial charge in [-0.15, -0.1) is 0 Å². The zero-order chi connectivity index (χ0) is 15.9. The Bertz CT molecular complexity index is 483. The van der Waals surface area contributed by atoms with Crippen LogP contribution in [0.15, 0.2) is 22.8 Å². The molecule has 1 aromatic rings. The van der Waals surface area contributed by atoms with Gasteiger partial charge in [-0.2, -0.15) is 0 Å². The molecular formula is C16H25N3O3.